The number of hydrogen-bond donors (Lipinski definition) is 1. The summed E-state index contributed by atoms with van der Waals surface area (Å²) in [6.07, 6.45) is 0.325. The molecular formula is C14H16FN3O4S. The van der Waals surface area contributed by atoms with E-state index in [2.05, 4.69) is 5.32 Å². The Balaban J connectivity index is 1.81. The van der Waals surface area contributed by atoms with E-state index >= 15 is 0 Å². The number of sulfonamides is 1. The maximum atomic E-state index is 13.8. The number of carbonyl (C=O) groups is 2. The largest absolute Gasteiger partial charge is 0.324 e. The highest BCUT2D eigenvalue weighted by Crippen LogP contribution is 2.31. The van der Waals surface area contributed by atoms with Gasteiger partial charge in [-0.1, -0.05) is 12.1 Å². The molecule has 3 amide bonds. The number of hydrogen-bond acceptors (Lipinski definition) is 4. The number of nitrogens with one attached hydrogen (secondary N) is 1. The lowest BCUT2D eigenvalue weighted by molar-refractivity contribution is -0.131. The van der Waals surface area contributed by atoms with Crippen molar-refractivity contribution in [2.45, 2.75) is 23.3 Å². The van der Waals surface area contributed by atoms with Crippen LogP contribution in [0, 0.1) is 5.82 Å². The van der Waals surface area contributed by atoms with Crippen LogP contribution in [-0.2, 0) is 14.8 Å². The van der Waals surface area contributed by atoms with E-state index in [0.717, 1.165) is 15.3 Å². The van der Waals surface area contributed by atoms with Gasteiger partial charge < -0.3 is 5.32 Å². The average molecular weight is 341 g/mol. The van der Waals surface area contributed by atoms with E-state index in [0.29, 0.717) is 0 Å². The highest BCUT2D eigenvalue weighted by Gasteiger charge is 2.52. The van der Waals surface area contributed by atoms with Crippen molar-refractivity contribution >= 4 is 22.0 Å². The van der Waals surface area contributed by atoms with Gasteiger partial charge in [-0.2, -0.15) is 4.31 Å². The molecule has 0 aromatic heterocycles. The number of carbonyl (C=O) groups excluding carboxylic acids is 2. The van der Waals surface area contributed by atoms with Crippen LogP contribution in [0.5, 0.6) is 0 Å². The van der Waals surface area contributed by atoms with Crippen molar-refractivity contribution in [2.75, 3.05) is 20.1 Å². The van der Waals surface area contributed by atoms with Crippen molar-refractivity contribution < 1.29 is 22.4 Å². The van der Waals surface area contributed by atoms with Crippen molar-refractivity contribution in [1.82, 2.24) is 14.5 Å². The maximum absolute atomic E-state index is 13.8. The fraction of sp³-hybridized carbons (Fsp3) is 0.429. The number of amides is 3. The van der Waals surface area contributed by atoms with Gasteiger partial charge in [0.15, 0.2) is 0 Å². The third-order valence-corrected chi connectivity index (χ3v) is 6.33. The van der Waals surface area contributed by atoms with Gasteiger partial charge in [0.2, 0.25) is 10.0 Å². The Bertz CT molecular complexity index is 772. The van der Waals surface area contributed by atoms with E-state index in [9.17, 15) is 22.4 Å². The zero-order valence-electron chi connectivity index (χ0n) is 12.5. The number of halogens is 1. The van der Waals surface area contributed by atoms with Gasteiger partial charge in [-0.15, -0.1) is 0 Å². The molecular weight excluding hydrogens is 325 g/mol. The summed E-state index contributed by atoms with van der Waals surface area (Å²) in [6, 6.07) is 4.69. The van der Waals surface area contributed by atoms with Crippen LogP contribution in [0.25, 0.3) is 0 Å². The second-order valence-electron chi connectivity index (χ2n) is 5.71. The standard InChI is InChI=1S/C14H16FN3O4S/c1-17-12(19)14(16-13(17)20)6-8-18(9-7-14)23(21,22)11-5-3-2-4-10(11)15/h2-5H,6-9H2,1H3,(H,16,20). The summed E-state index contributed by atoms with van der Waals surface area (Å²) in [5.41, 5.74) is -1.05. The monoisotopic (exact) mass is 341 g/mol. The Morgan fingerprint density at radius 2 is 1.78 bits per heavy atom. The first-order valence-electron chi connectivity index (χ1n) is 7.13. The summed E-state index contributed by atoms with van der Waals surface area (Å²) in [7, 11) is -2.58. The molecule has 1 spiro atoms. The molecule has 1 N–H and O–H groups in total. The smallest absolute Gasteiger partial charge is 0.323 e. The third-order valence-electron chi connectivity index (χ3n) is 4.40. The zero-order chi connectivity index (χ0) is 16.8. The van der Waals surface area contributed by atoms with Crippen LogP contribution in [0.4, 0.5) is 9.18 Å². The predicted octanol–water partition coefficient (Wildman–Crippen LogP) is 0.531. The summed E-state index contributed by atoms with van der Waals surface area (Å²) < 4.78 is 40.0. The minimum absolute atomic E-state index is 0.0382. The molecule has 3 rings (SSSR count). The summed E-state index contributed by atoms with van der Waals surface area (Å²) in [5.74, 6) is -1.16. The molecule has 2 heterocycles. The van der Waals surface area contributed by atoms with Gasteiger partial charge >= 0.3 is 6.03 Å². The second kappa shape index (κ2) is 5.27. The van der Waals surface area contributed by atoms with Crippen molar-refractivity contribution in [2.24, 2.45) is 0 Å². The van der Waals surface area contributed by atoms with Gasteiger partial charge in [0.25, 0.3) is 5.91 Å². The summed E-state index contributed by atoms with van der Waals surface area (Å²) in [4.78, 5) is 24.4. The minimum atomic E-state index is -3.96. The summed E-state index contributed by atoms with van der Waals surface area (Å²) in [6.45, 7) is 0.0764. The van der Waals surface area contributed by atoms with E-state index < -0.39 is 27.4 Å². The molecule has 9 heteroatoms. The molecule has 1 aromatic carbocycles. The first-order chi connectivity index (χ1) is 10.8. The fourth-order valence-electron chi connectivity index (χ4n) is 3.00. The highest BCUT2D eigenvalue weighted by atomic mass is 32.2. The van der Waals surface area contributed by atoms with E-state index in [-0.39, 0.29) is 36.7 Å². The van der Waals surface area contributed by atoms with Crippen LogP contribution in [0.3, 0.4) is 0 Å². The van der Waals surface area contributed by atoms with Crippen molar-refractivity contribution in [3.63, 3.8) is 0 Å². The number of urea groups is 1. The van der Waals surface area contributed by atoms with Crippen LogP contribution in [0.15, 0.2) is 29.2 Å². The summed E-state index contributed by atoms with van der Waals surface area (Å²) in [5, 5.41) is 2.63. The van der Waals surface area contributed by atoms with Gasteiger partial charge in [-0.3, -0.25) is 9.69 Å². The SMILES string of the molecule is CN1C(=O)NC2(CCN(S(=O)(=O)c3ccccc3F)CC2)C1=O. The molecule has 124 valence electrons. The van der Waals surface area contributed by atoms with Gasteiger partial charge in [0.1, 0.15) is 16.3 Å². The molecule has 0 atom stereocenters. The van der Waals surface area contributed by atoms with Crippen LogP contribution in [0.2, 0.25) is 0 Å². The Labute approximate surface area is 133 Å². The third kappa shape index (κ3) is 2.40. The minimum Gasteiger partial charge on any atom is -0.323 e. The zero-order valence-corrected chi connectivity index (χ0v) is 13.3. The van der Waals surface area contributed by atoms with E-state index in [4.69, 9.17) is 0 Å². The number of benzene rings is 1. The molecule has 0 aliphatic carbocycles. The Morgan fingerprint density at radius 1 is 1.17 bits per heavy atom. The van der Waals surface area contributed by atoms with E-state index in [1.165, 1.54) is 25.2 Å². The van der Waals surface area contributed by atoms with Crippen molar-refractivity contribution in [1.29, 1.82) is 0 Å². The number of likely N-dealkylation sites (N-methyl/N-ethyl adjacent to an activating group) is 1. The van der Waals surface area contributed by atoms with Crippen molar-refractivity contribution in [3.05, 3.63) is 30.1 Å². The average Bonchev–Trinajstić information content (AvgIpc) is 2.72. The molecule has 2 fully saturated rings. The topological polar surface area (TPSA) is 86.8 Å². The first kappa shape index (κ1) is 15.9. The molecule has 0 saturated carbocycles. The molecule has 1 aromatic rings. The van der Waals surface area contributed by atoms with Gasteiger partial charge in [0.05, 0.1) is 0 Å². The number of rotatable bonds is 2. The molecule has 2 saturated heterocycles. The van der Waals surface area contributed by atoms with Crippen LogP contribution >= 0.6 is 0 Å². The Kier molecular flexibility index (Phi) is 3.64. The van der Waals surface area contributed by atoms with Crippen LogP contribution in [-0.4, -0.2) is 55.2 Å². The number of imide groups is 1. The molecule has 7 nitrogen and oxygen atoms in total. The lowest BCUT2D eigenvalue weighted by atomic mass is 9.88. The van der Waals surface area contributed by atoms with E-state index in [1.807, 2.05) is 0 Å². The maximum Gasteiger partial charge on any atom is 0.324 e. The first-order valence-corrected chi connectivity index (χ1v) is 8.57. The molecule has 2 aliphatic heterocycles. The van der Waals surface area contributed by atoms with Gasteiger partial charge in [0, 0.05) is 20.1 Å². The number of nitrogens with zero attached hydrogens (tertiary/aromatic N) is 2. The van der Waals surface area contributed by atoms with Crippen molar-refractivity contribution in [3.8, 4) is 0 Å². The molecule has 23 heavy (non-hydrogen) atoms. The van der Waals surface area contributed by atoms with Crippen LogP contribution < -0.4 is 5.32 Å². The number of piperidine rings is 1. The molecule has 2 aliphatic rings. The lowest BCUT2D eigenvalue weighted by Crippen LogP contribution is -2.55. The lowest BCUT2D eigenvalue weighted by Gasteiger charge is -2.36. The Morgan fingerprint density at radius 3 is 2.30 bits per heavy atom. The fourth-order valence-corrected chi connectivity index (χ4v) is 4.50. The molecule has 0 bridgehead atoms. The highest BCUT2D eigenvalue weighted by molar-refractivity contribution is 7.89. The summed E-state index contributed by atoms with van der Waals surface area (Å²) >= 11 is 0. The normalized spacial score (nSPS) is 21.7. The van der Waals surface area contributed by atoms with Crippen LogP contribution in [0.1, 0.15) is 12.8 Å². The Hall–Kier alpha value is -2.00. The molecule has 0 unspecified atom stereocenters. The molecule has 0 radical (unpaired) electrons. The second-order valence-corrected chi connectivity index (χ2v) is 7.62. The van der Waals surface area contributed by atoms with E-state index in [1.54, 1.807) is 0 Å². The van der Waals surface area contributed by atoms with Gasteiger partial charge in [-0.05, 0) is 25.0 Å². The van der Waals surface area contributed by atoms with Gasteiger partial charge in [-0.25, -0.2) is 17.6 Å². The quantitative estimate of drug-likeness (QED) is 0.795. The predicted molar refractivity (Wildman–Crippen MR) is 78.4 cm³/mol.